The van der Waals surface area contributed by atoms with Gasteiger partial charge in [0.1, 0.15) is 5.82 Å². The number of anilines is 1. The van der Waals surface area contributed by atoms with E-state index in [1.807, 2.05) is 36.4 Å². The maximum atomic E-state index is 13.4. The van der Waals surface area contributed by atoms with Gasteiger partial charge in [0, 0.05) is 42.9 Å². The fourth-order valence-corrected chi connectivity index (χ4v) is 3.57. The molecular formula is C27H25FN4O2. The van der Waals surface area contributed by atoms with Gasteiger partial charge in [0.15, 0.2) is 0 Å². The summed E-state index contributed by atoms with van der Waals surface area (Å²) in [6.07, 6.45) is 5.58. The lowest BCUT2D eigenvalue weighted by molar-refractivity contribution is 0.0950. The van der Waals surface area contributed by atoms with Crippen molar-refractivity contribution in [2.75, 3.05) is 11.9 Å². The Bertz CT molecular complexity index is 1250. The van der Waals surface area contributed by atoms with E-state index < -0.39 is 0 Å². The van der Waals surface area contributed by atoms with E-state index >= 15 is 0 Å². The third-order valence-electron chi connectivity index (χ3n) is 5.36. The number of carbonyl (C=O) groups excluding carboxylic acids is 1. The lowest BCUT2D eigenvalue weighted by Gasteiger charge is -2.14. The van der Waals surface area contributed by atoms with Crippen molar-refractivity contribution in [3.8, 4) is 11.3 Å². The summed E-state index contributed by atoms with van der Waals surface area (Å²) in [5.74, 6) is -0.471. The molecule has 4 aromatic rings. The fourth-order valence-electron chi connectivity index (χ4n) is 3.57. The van der Waals surface area contributed by atoms with E-state index in [0.29, 0.717) is 30.8 Å². The van der Waals surface area contributed by atoms with Gasteiger partial charge >= 0.3 is 0 Å². The highest BCUT2D eigenvalue weighted by molar-refractivity contribution is 5.94. The Kier molecular flexibility index (Phi) is 7.57. The van der Waals surface area contributed by atoms with E-state index in [1.54, 1.807) is 36.8 Å². The zero-order valence-corrected chi connectivity index (χ0v) is 18.5. The monoisotopic (exact) mass is 456 g/mol. The first-order valence-electron chi connectivity index (χ1n) is 11.0. The molecule has 0 aliphatic heterocycles. The number of amides is 1. The summed E-state index contributed by atoms with van der Waals surface area (Å²) >= 11 is 0. The van der Waals surface area contributed by atoms with E-state index in [9.17, 15) is 14.3 Å². The quantitative estimate of drug-likeness (QED) is 0.348. The summed E-state index contributed by atoms with van der Waals surface area (Å²) in [6.45, 7) is 0.888. The smallest absolute Gasteiger partial charge is 0.253 e. The van der Waals surface area contributed by atoms with Crippen molar-refractivity contribution < 1.29 is 14.3 Å². The molecule has 0 bridgehead atoms. The number of carbonyl (C=O) groups is 1. The standard InChI is InChI=1S/C27H25FN4O2/c28-23-5-1-3-19(13-23)10-12-30-26-14-20(18-33)6-8-24(26)25-9-7-22(17-31-25)27(34)32-16-21-4-2-11-29-15-21/h1-9,11,13-15,17,30,33H,10,12,16,18H2,(H,32,34). The topological polar surface area (TPSA) is 87.1 Å². The summed E-state index contributed by atoms with van der Waals surface area (Å²) in [5.41, 5.74) is 5.39. The molecule has 0 saturated carbocycles. The minimum atomic E-state index is -0.255. The number of aliphatic hydroxyl groups excluding tert-OH is 1. The predicted octanol–water partition coefficient (Wildman–Crippen LogP) is 4.36. The predicted molar refractivity (Wildman–Crippen MR) is 130 cm³/mol. The second-order valence-corrected chi connectivity index (χ2v) is 7.82. The van der Waals surface area contributed by atoms with Gasteiger partial charge in [-0.3, -0.25) is 14.8 Å². The average Bonchev–Trinajstić information content (AvgIpc) is 2.88. The summed E-state index contributed by atoms with van der Waals surface area (Å²) in [6, 6.07) is 19.4. The number of hydrogen-bond acceptors (Lipinski definition) is 5. The van der Waals surface area contributed by atoms with Crippen LogP contribution in [0.2, 0.25) is 0 Å². The van der Waals surface area contributed by atoms with Gasteiger partial charge in [0.05, 0.1) is 17.9 Å². The normalized spacial score (nSPS) is 10.6. The highest BCUT2D eigenvalue weighted by atomic mass is 19.1. The van der Waals surface area contributed by atoms with Crippen LogP contribution in [0, 0.1) is 5.82 Å². The van der Waals surface area contributed by atoms with Crippen molar-refractivity contribution >= 4 is 11.6 Å². The highest BCUT2D eigenvalue weighted by Gasteiger charge is 2.11. The number of rotatable bonds is 9. The molecule has 0 fully saturated rings. The van der Waals surface area contributed by atoms with E-state index in [-0.39, 0.29) is 18.3 Å². The first-order chi connectivity index (χ1) is 16.6. The Morgan fingerprint density at radius 3 is 2.56 bits per heavy atom. The lowest BCUT2D eigenvalue weighted by atomic mass is 10.0. The second kappa shape index (κ2) is 11.2. The number of benzene rings is 2. The zero-order valence-electron chi connectivity index (χ0n) is 18.5. The van der Waals surface area contributed by atoms with Gasteiger partial charge < -0.3 is 15.7 Å². The Labute approximate surface area is 197 Å². The Hall–Kier alpha value is -4.10. The van der Waals surface area contributed by atoms with Gasteiger partial charge in [-0.15, -0.1) is 0 Å². The molecule has 3 N–H and O–H groups in total. The molecule has 1 amide bonds. The van der Waals surface area contributed by atoms with Crippen LogP contribution in [0.5, 0.6) is 0 Å². The Balaban J connectivity index is 1.45. The molecule has 4 rings (SSSR count). The SMILES string of the molecule is O=C(NCc1cccnc1)c1ccc(-c2ccc(CO)cc2NCCc2cccc(F)c2)nc1. The van der Waals surface area contributed by atoms with Gasteiger partial charge in [-0.1, -0.05) is 30.3 Å². The van der Waals surface area contributed by atoms with E-state index in [4.69, 9.17) is 0 Å². The molecular weight excluding hydrogens is 431 g/mol. The van der Waals surface area contributed by atoms with Crippen molar-refractivity contribution in [1.82, 2.24) is 15.3 Å². The lowest BCUT2D eigenvalue weighted by Crippen LogP contribution is -2.22. The molecule has 0 spiro atoms. The van der Waals surface area contributed by atoms with Crippen molar-refractivity contribution in [2.45, 2.75) is 19.6 Å². The molecule has 2 aromatic carbocycles. The largest absolute Gasteiger partial charge is 0.392 e. The van der Waals surface area contributed by atoms with Crippen LogP contribution in [0.4, 0.5) is 10.1 Å². The molecule has 172 valence electrons. The first-order valence-corrected chi connectivity index (χ1v) is 11.0. The molecule has 34 heavy (non-hydrogen) atoms. The second-order valence-electron chi connectivity index (χ2n) is 7.82. The van der Waals surface area contributed by atoms with Gasteiger partial charge in [-0.2, -0.15) is 0 Å². The number of pyridine rings is 2. The fraction of sp³-hybridized carbons (Fsp3) is 0.148. The highest BCUT2D eigenvalue weighted by Crippen LogP contribution is 2.28. The van der Waals surface area contributed by atoms with Crippen molar-refractivity contribution in [3.05, 3.63) is 113 Å². The molecule has 2 heterocycles. The Morgan fingerprint density at radius 1 is 0.941 bits per heavy atom. The van der Waals surface area contributed by atoms with Crippen molar-refractivity contribution in [2.24, 2.45) is 0 Å². The minimum absolute atomic E-state index is 0.0810. The summed E-state index contributed by atoms with van der Waals surface area (Å²) in [5, 5.41) is 15.8. The van der Waals surface area contributed by atoms with Crippen LogP contribution in [-0.4, -0.2) is 27.5 Å². The minimum Gasteiger partial charge on any atom is -0.392 e. The molecule has 0 unspecified atom stereocenters. The number of hydrogen-bond donors (Lipinski definition) is 3. The average molecular weight is 457 g/mol. The van der Waals surface area contributed by atoms with E-state index in [1.165, 1.54) is 12.1 Å². The number of halogens is 1. The summed E-state index contributed by atoms with van der Waals surface area (Å²) < 4.78 is 13.4. The summed E-state index contributed by atoms with van der Waals surface area (Å²) in [7, 11) is 0. The zero-order chi connectivity index (χ0) is 23.8. The van der Waals surface area contributed by atoms with Crippen LogP contribution in [-0.2, 0) is 19.6 Å². The maximum Gasteiger partial charge on any atom is 0.253 e. The van der Waals surface area contributed by atoms with Crippen LogP contribution in [0.25, 0.3) is 11.3 Å². The number of nitrogens with zero attached hydrogens (tertiary/aromatic N) is 2. The van der Waals surface area contributed by atoms with Crippen molar-refractivity contribution in [3.63, 3.8) is 0 Å². The van der Waals surface area contributed by atoms with E-state index in [2.05, 4.69) is 20.6 Å². The van der Waals surface area contributed by atoms with Gasteiger partial charge in [-0.05, 0) is 59.5 Å². The van der Waals surface area contributed by atoms with Crippen molar-refractivity contribution in [1.29, 1.82) is 0 Å². The number of aliphatic hydroxyl groups is 1. The van der Waals surface area contributed by atoms with Gasteiger partial charge in [0.25, 0.3) is 5.91 Å². The van der Waals surface area contributed by atoms with Crippen LogP contribution in [0.1, 0.15) is 27.0 Å². The molecule has 0 saturated heterocycles. The third-order valence-corrected chi connectivity index (χ3v) is 5.36. The van der Waals surface area contributed by atoms with Crippen LogP contribution in [0.3, 0.4) is 0 Å². The van der Waals surface area contributed by atoms with Crippen LogP contribution < -0.4 is 10.6 Å². The van der Waals surface area contributed by atoms with Gasteiger partial charge in [-0.25, -0.2) is 4.39 Å². The molecule has 2 aromatic heterocycles. The summed E-state index contributed by atoms with van der Waals surface area (Å²) in [4.78, 5) is 21.0. The number of aromatic nitrogens is 2. The number of nitrogens with one attached hydrogen (secondary N) is 2. The molecule has 0 radical (unpaired) electrons. The Morgan fingerprint density at radius 2 is 1.82 bits per heavy atom. The van der Waals surface area contributed by atoms with Crippen LogP contribution in [0.15, 0.2) is 85.3 Å². The van der Waals surface area contributed by atoms with Gasteiger partial charge in [0.2, 0.25) is 0 Å². The van der Waals surface area contributed by atoms with Crippen LogP contribution >= 0.6 is 0 Å². The maximum absolute atomic E-state index is 13.4. The third kappa shape index (κ3) is 6.02. The van der Waals surface area contributed by atoms with E-state index in [0.717, 1.165) is 27.9 Å². The molecule has 6 nitrogen and oxygen atoms in total. The molecule has 0 aliphatic rings. The first kappa shape index (κ1) is 23.1. The molecule has 7 heteroatoms. The molecule has 0 aliphatic carbocycles. The molecule has 0 atom stereocenters.